The van der Waals surface area contributed by atoms with E-state index in [1.165, 1.54) is 0 Å². The highest BCUT2D eigenvalue weighted by Crippen LogP contribution is 2.15. The lowest BCUT2D eigenvalue weighted by Crippen LogP contribution is -2.44. The molecule has 0 amide bonds. The number of carbonyl (C=O) groups is 2. The number of esters is 1. The molecule has 1 aromatic carbocycles. The summed E-state index contributed by atoms with van der Waals surface area (Å²) in [7, 11) is 0. The number of nitrogens with two attached hydrogens (primary N) is 1. The van der Waals surface area contributed by atoms with Crippen LogP contribution >= 0.6 is 0 Å². The number of aliphatic carboxylic acids is 1. The summed E-state index contributed by atoms with van der Waals surface area (Å²) in [4.78, 5) is 23.3. The molecule has 6 nitrogen and oxygen atoms in total. The predicted octanol–water partition coefficient (Wildman–Crippen LogP) is 1.96. The number of rotatable bonds is 8. The van der Waals surface area contributed by atoms with E-state index in [1.807, 2.05) is 30.3 Å². The fourth-order valence-corrected chi connectivity index (χ4v) is 1.97. The van der Waals surface area contributed by atoms with Crippen LogP contribution in [-0.4, -0.2) is 35.3 Å². The first kappa shape index (κ1) is 19.1. The monoisotopic (exact) mass is 323 g/mol. The van der Waals surface area contributed by atoms with Gasteiger partial charge in [-0.15, -0.1) is 0 Å². The SMILES string of the molecule is CC(C)(C)OC(=O)[C@@H](C(=O)O)C(N)CCOCc1ccccc1. The van der Waals surface area contributed by atoms with Crippen molar-refractivity contribution in [2.45, 2.75) is 45.4 Å². The average molecular weight is 323 g/mol. The van der Waals surface area contributed by atoms with Crippen LogP contribution in [0.3, 0.4) is 0 Å². The van der Waals surface area contributed by atoms with E-state index >= 15 is 0 Å². The van der Waals surface area contributed by atoms with Gasteiger partial charge >= 0.3 is 11.9 Å². The molecule has 0 bridgehead atoms. The average Bonchev–Trinajstić information content (AvgIpc) is 2.42. The summed E-state index contributed by atoms with van der Waals surface area (Å²) in [6.07, 6.45) is 0.253. The molecule has 0 aliphatic rings. The van der Waals surface area contributed by atoms with Crippen LogP contribution < -0.4 is 5.73 Å². The number of hydrogen-bond acceptors (Lipinski definition) is 5. The second-order valence-corrected chi connectivity index (χ2v) is 6.34. The van der Waals surface area contributed by atoms with Crippen LogP contribution in [0.5, 0.6) is 0 Å². The van der Waals surface area contributed by atoms with Gasteiger partial charge in [-0.2, -0.15) is 0 Å². The molecule has 0 radical (unpaired) electrons. The highest BCUT2D eigenvalue weighted by Gasteiger charge is 2.36. The van der Waals surface area contributed by atoms with Crippen LogP contribution in [0.1, 0.15) is 32.8 Å². The Morgan fingerprint density at radius 3 is 2.35 bits per heavy atom. The molecule has 23 heavy (non-hydrogen) atoms. The van der Waals surface area contributed by atoms with Gasteiger partial charge in [0.05, 0.1) is 6.61 Å². The lowest BCUT2D eigenvalue weighted by Gasteiger charge is -2.25. The van der Waals surface area contributed by atoms with Crippen LogP contribution in [0.25, 0.3) is 0 Å². The van der Waals surface area contributed by atoms with Crippen LogP contribution in [0.4, 0.5) is 0 Å². The molecule has 1 rings (SSSR count). The van der Waals surface area contributed by atoms with Crippen molar-refractivity contribution < 1.29 is 24.2 Å². The van der Waals surface area contributed by atoms with E-state index in [0.717, 1.165) is 5.56 Å². The van der Waals surface area contributed by atoms with Gasteiger partial charge in [0.1, 0.15) is 5.60 Å². The molecule has 1 aromatic rings. The quantitative estimate of drug-likeness (QED) is 0.431. The van der Waals surface area contributed by atoms with Crippen molar-refractivity contribution in [1.29, 1.82) is 0 Å². The summed E-state index contributed by atoms with van der Waals surface area (Å²) < 4.78 is 10.6. The lowest BCUT2D eigenvalue weighted by atomic mass is 9.98. The molecule has 0 aliphatic heterocycles. The molecule has 0 saturated heterocycles. The lowest BCUT2D eigenvalue weighted by molar-refractivity contribution is -0.167. The molecule has 0 spiro atoms. The molecule has 0 fully saturated rings. The Hall–Kier alpha value is -1.92. The van der Waals surface area contributed by atoms with Gasteiger partial charge in [-0.05, 0) is 32.8 Å². The third-order valence-electron chi connectivity index (χ3n) is 3.06. The summed E-state index contributed by atoms with van der Waals surface area (Å²) >= 11 is 0. The van der Waals surface area contributed by atoms with Crippen molar-refractivity contribution in [3.63, 3.8) is 0 Å². The summed E-state index contributed by atoms with van der Waals surface area (Å²) in [5.74, 6) is -3.50. The minimum Gasteiger partial charge on any atom is -0.481 e. The highest BCUT2D eigenvalue weighted by atomic mass is 16.6. The van der Waals surface area contributed by atoms with Crippen molar-refractivity contribution in [1.82, 2.24) is 0 Å². The Bertz CT molecular complexity index is 509. The summed E-state index contributed by atoms with van der Waals surface area (Å²) in [5, 5.41) is 9.22. The molecule has 6 heteroatoms. The number of benzene rings is 1. The minimum atomic E-state index is -1.39. The number of carbonyl (C=O) groups excluding carboxylic acids is 1. The van der Waals surface area contributed by atoms with E-state index in [4.69, 9.17) is 15.2 Å². The van der Waals surface area contributed by atoms with Gasteiger partial charge in [0.2, 0.25) is 0 Å². The van der Waals surface area contributed by atoms with Gasteiger partial charge in [0.25, 0.3) is 0 Å². The largest absolute Gasteiger partial charge is 0.481 e. The van der Waals surface area contributed by atoms with Crippen molar-refractivity contribution in [3.8, 4) is 0 Å². The second-order valence-electron chi connectivity index (χ2n) is 6.34. The van der Waals surface area contributed by atoms with Crippen molar-refractivity contribution >= 4 is 11.9 Å². The Morgan fingerprint density at radius 1 is 1.22 bits per heavy atom. The molecule has 1 unspecified atom stereocenters. The molecule has 0 aromatic heterocycles. The van der Waals surface area contributed by atoms with E-state index in [-0.39, 0.29) is 13.0 Å². The molecule has 0 saturated carbocycles. The standard InChI is InChI=1S/C17H25NO5/c1-17(2,3)23-16(21)14(15(19)20)13(18)9-10-22-11-12-7-5-4-6-8-12/h4-8,13-14H,9-11,18H2,1-3H3,(H,19,20)/t13?,14-/m1/s1. The fraction of sp³-hybridized carbons (Fsp3) is 0.529. The fourth-order valence-electron chi connectivity index (χ4n) is 1.97. The first-order valence-electron chi connectivity index (χ1n) is 7.53. The Labute approximate surface area is 136 Å². The smallest absolute Gasteiger partial charge is 0.322 e. The molecule has 2 atom stereocenters. The third kappa shape index (κ3) is 7.25. The van der Waals surface area contributed by atoms with E-state index in [2.05, 4.69) is 0 Å². The number of ether oxygens (including phenoxy) is 2. The second kappa shape index (κ2) is 8.64. The van der Waals surface area contributed by atoms with E-state index < -0.39 is 29.5 Å². The predicted molar refractivity (Wildman–Crippen MR) is 85.7 cm³/mol. The van der Waals surface area contributed by atoms with Crippen molar-refractivity contribution in [2.75, 3.05) is 6.61 Å². The van der Waals surface area contributed by atoms with E-state index in [0.29, 0.717) is 6.61 Å². The Kier molecular flexibility index (Phi) is 7.19. The van der Waals surface area contributed by atoms with Gasteiger partial charge in [0.15, 0.2) is 5.92 Å². The Morgan fingerprint density at radius 2 is 1.83 bits per heavy atom. The van der Waals surface area contributed by atoms with Crippen LogP contribution in [-0.2, 0) is 25.7 Å². The number of carboxylic acid groups (broad SMARTS) is 1. The van der Waals surface area contributed by atoms with Crippen molar-refractivity contribution in [2.24, 2.45) is 11.7 Å². The third-order valence-corrected chi connectivity index (χ3v) is 3.06. The van der Waals surface area contributed by atoms with E-state index in [1.54, 1.807) is 20.8 Å². The summed E-state index contributed by atoms with van der Waals surface area (Å²) in [6, 6.07) is 8.73. The summed E-state index contributed by atoms with van der Waals surface area (Å²) in [5.41, 5.74) is 6.12. The summed E-state index contributed by atoms with van der Waals surface area (Å²) in [6.45, 7) is 5.72. The maximum absolute atomic E-state index is 12.0. The maximum atomic E-state index is 12.0. The normalized spacial score (nSPS) is 14.1. The zero-order valence-corrected chi connectivity index (χ0v) is 13.8. The molecular weight excluding hydrogens is 298 g/mol. The van der Waals surface area contributed by atoms with Crippen molar-refractivity contribution in [3.05, 3.63) is 35.9 Å². The number of hydrogen-bond donors (Lipinski definition) is 2. The van der Waals surface area contributed by atoms with Gasteiger partial charge in [-0.25, -0.2) is 0 Å². The van der Waals surface area contributed by atoms with Gasteiger partial charge in [-0.3, -0.25) is 9.59 Å². The first-order valence-corrected chi connectivity index (χ1v) is 7.53. The zero-order valence-electron chi connectivity index (χ0n) is 13.8. The maximum Gasteiger partial charge on any atom is 0.322 e. The first-order chi connectivity index (χ1) is 10.7. The number of carboxylic acids is 1. The van der Waals surface area contributed by atoms with Crippen LogP contribution in [0.2, 0.25) is 0 Å². The zero-order chi connectivity index (χ0) is 17.5. The van der Waals surface area contributed by atoms with Gasteiger partial charge < -0.3 is 20.3 Å². The minimum absolute atomic E-state index is 0.253. The Balaban J connectivity index is 2.47. The topological polar surface area (TPSA) is 98.9 Å². The molecular formula is C17H25NO5. The van der Waals surface area contributed by atoms with Gasteiger partial charge in [-0.1, -0.05) is 30.3 Å². The van der Waals surface area contributed by atoms with Gasteiger partial charge in [0, 0.05) is 12.6 Å². The highest BCUT2D eigenvalue weighted by molar-refractivity contribution is 5.95. The van der Waals surface area contributed by atoms with E-state index in [9.17, 15) is 14.7 Å². The van der Waals surface area contributed by atoms with Crippen LogP contribution in [0.15, 0.2) is 30.3 Å². The molecule has 0 heterocycles. The molecule has 128 valence electrons. The molecule has 0 aliphatic carbocycles. The van der Waals surface area contributed by atoms with Crippen LogP contribution in [0, 0.1) is 5.92 Å². The molecule has 3 N–H and O–H groups in total.